The number of nitrogens with one attached hydrogen (secondary N) is 1. The van der Waals surface area contributed by atoms with E-state index in [0.29, 0.717) is 24.9 Å². The molecule has 3 unspecified atom stereocenters. The van der Waals surface area contributed by atoms with Gasteiger partial charge in [-0.15, -0.1) is 0 Å². The third-order valence-electron chi connectivity index (χ3n) is 8.01. The Balaban J connectivity index is 1.26. The van der Waals surface area contributed by atoms with E-state index < -0.39 is 18.1 Å². The number of carbonyl (C=O) groups excluding carboxylic acids is 4. The zero-order valence-corrected chi connectivity index (χ0v) is 22.8. The molecule has 3 saturated heterocycles. The molecule has 4 heterocycles. The number of anilines is 1. The molecule has 5 rings (SSSR count). The number of Topliss-reactive ketones (excluding diaryl/α,β-unsaturated/α-hetero) is 1. The van der Waals surface area contributed by atoms with Crippen molar-refractivity contribution in [3.05, 3.63) is 54.0 Å². The van der Waals surface area contributed by atoms with Gasteiger partial charge in [0.15, 0.2) is 11.5 Å². The summed E-state index contributed by atoms with van der Waals surface area (Å²) >= 11 is 0. The fourth-order valence-corrected chi connectivity index (χ4v) is 5.90. The summed E-state index contributed by atoms with van der Waals surface area (Å²) in [7, 11) is 2.11. The van der Waals surface area contributed by atoms with Crippen molar-refractivity contribution in [3.63, 3.8) is 0 Å². The molecule has 10 heteroatoms. The summed E-state index contributed by atoms with van der Waals surface area (Å²) in [6.07, 6.45) is 2.37. The highest BCUT2D eigenvalue weighted by atomic mass is 16.3. The van der Waals surface area contributed by atoms with Crippen LogP contribution in [0, 0.1) is 5.92 Å². The quantitative estimate of drug-likeness (QED) is 0.577. The van der Waals surface area contributed by atoms with Gasteiger partial charge >= 0.3 is 0 Å². The SMILES string of the molecule is CC(C)CC(NC(=O)c1ccc(N2CCN(C)CC2)cc1)C(=O)N1CCC2C1C(=O)CN2C(=O)c1ccco1. The summed E-state index contributed by atoms with van der Waals surface area (Å²) < 4.78 is 5.24. The highest BCUT2D eigenvalue weighted by molar-refractivity contribution is 6.02. The van der Waals surface area contributed by atoms with E-state index in [9.17, 15) is 19.2 Å². The van der Waals surface area contributed by atoms with E-state index in [1.165, 1.54) is 11.2 Å². The number of hydrogen-bond donors (Lipinski definition) is 1. The Labute approximate surface area is 228 Å². The Morgan fingerprint density at radius 3 is 2.36 bits per heavy atom. The van der Waals surface area contributed by atoms with Crippen LogP contribution in [0.4, 0.5) is 5.69 Å². The van der Waals surface area contributed by atoms with E-state index in [4.69, 9.17) is 4.42 Å². The number of likely N-dealkylation sites (N-methyl/N-ethyl adjacent to an activating group) is 1. The van der Waals surface area contributed by atoms with Crippen LogP contribution in [0.2, 0.25) is 0 Å². The van der Waals surface area contributed by atoms with Crippen LogP contribution in [0.15, 0.2) is 47.1 Å². The standard InChI is InChI=1S/C29H37N5O5/c1-19(2)17-22(30-27(36)20-6-8-21(9-7-20)32-14-12-31(3)13-15-32)28(37)33-11-10-23-26(33)24(35)18-34(23)29(38)25-5-4-16-39-25/h4-9,16,19,22-23,26H,10-15,17-18H2,1-3H3,(H,30,36). The first kappa shape index (κ1) is 26.9. The molecule has 3 atom stereocenters. The second-order valence-corrected chi connectivity index (χ2v) is 11.2. The lowest BCUT2D eigenvalue weighted by Gasteiger charge is -2.34. The third-order valence-corrected chi connectivity index (χ3v) is 8.01. The van der Waals surface area contributed by atoms with E-state index in [2.05, 4.69) is 22.2 Å². The van der Waals surface area contributed by atoms with Gasteiger partial charge in [0, 0.05) is 44.0 Å². The van der Waals surface area contributed by atoms with Gasteiger partial charge in [0.25, 0.3) is 11.8 Å². The molecular weight excluding hydrogens is 498 g/mol. The lowest BCUT2D eigenvalue weighted by atomic mass is 10.0. The first-order valence-electron chi connectivity index (χ1n) is 13.7. The number of benzene rings is 1. The van der Waals surface area contributed by atoms with Gasteiger partial charge < -0.3 is 29.3 Å². The molecule has 2 aromatic rings. The van der Waals surface area contributed by atoms with Crippen molar-refractivity contribution in [2.75, 3.05) is 51.2 Å². The predicted molar refractivity (Wildman–Crippen MR) is 146 cm³/mol. The van der Waals surface area contributed by atoms with Gasteiger partial charge in [0.05, 0.1) is 18.8 Å². The van der Waals surface area contributed by atoms with E-state index >= 15 is 0 Å². The summed E-state index contributed by atoms with van der Waals surface area (Å²) in [5.41, 5.74) is 1.56. The van der Waals surface area contributed by atoms with Crippen molar-refractivity contribution in [1.29, 1.82) is 0 Å². The second kappa shape index (κ2) is 11.2. The number of fused-ring (bicyclic) bond motifs is 1. The first-order chi connectivity index (χ1) is 18.7. The molecule has 208 valence electrons. The smallest absolute Gasteiger partial charge is 0.290 e. The average molecular weight is 536 g/mol. The van der Waals surface area contributed by atoms with Crippen LogP contribution in [0.1, 0.15) is 47.6 Å². The maximum Gasteiger partial charge on any atom is 0.290 e. The van der Waals surface area contributed by atoms with E-state index in [-0.39, 0.29) is 41.7 Å². The number of carbonyl (C=O) groups is 4. The Kier molecular flexibility index (Phi) is 7.74. The van der Waals surface area contributed by atoms with Crippen LogP contribution >= 0.6 is 0 Å². The minimum absolute atomic E-state index is 0.0560. The number of rotatable bonds is 7. The van der Waals surface area contributed by atoms with Crippen LogP contribution < -0.4 is 10.2 Å². The molecule has 0 spiro atoms. The van der Waals surface area contributed by atoms with Crippen molar-refractivity contribution in [3.8, 4) is 0 Å². The zero-order valence-electron chi connectivity index (χ0n) is 22.8. The Bertz CT molecular complexity index is 1200. The maximum absolute atomic E-state index is 13.8. The Morgan fingerprint density at radius 2 is 1.72 bits per heavy atom. The molecule has 1 aromatic carbocycles. The van der Waals surface area contributed by atoms with Crippen LogP contribution in [0.3, 0.4) is 0 Å². The van der Waals surface area contributed by atoms with Gasteiger partial charge in [0.1, 0.15) is 12.1 Å². The molecule has 3 amide bonds. The highest BCUT2D eigenvalue weighted by Crippen LogP contribution is 2.32. The summed E-state index contributed by atoms with van der Waals surface area (Å²) in [5, 5.41) is 2.94. The molecular formula is C29H37N5O5. The van der Waals surface area contributed by atoms with Crippen LogP contribution in [0.5, 0.6) is 0 Å². The lowest BCUT2D eigenvalue weighted by Crippen LogP contribution is -2.53. The molecule has 1 N–H and O–H groups in total. The average Bonchev–Trinajstić information content (AvgIpc) is 3.67. The fourth-order valence-electron chi connectivity index (χ4n) is 5.90. The molecule has 0 radical (unpaired) electrons. The number of hydrogen-bond acceptors (Lipinski definition) is 7. The first-order valence-corrected chi connectivity index (χ1v) is 13.7. The number of likely N-dealkylation sites (tertiary alicyclic amines) is 2. The van der Waals surface area contributed by atoms with Gasteiger partial charge in [-0.05, 0) is 62.2 Å². The van der Waals surface area contributed by atoms with Crippen molar-refractivity contribution >= 4 is 29.2 Å². The summed E-state index contributed by atoms with van der Waals surface area (Å²) in [6.45, 7) is 8.16. The van der Waals surface area contributed by atoms with Gasteiger partial charge in [-0.2, -0.15) is 0 Å². The number of piperazine rings is 1. The van der Waals surface area contributed by atoms with Gasteiger partial charge in [-0.1, -0.05) is 13.8 Å². The van der Waals surface area contributed by atoms with Crippen molar-refractivity contribution in [2.24, 2.45) is 5.92 Å². The van der Waals surface area contributed by atoms with E-state index in [1.807, 2.05) is 26.0 Å². The normalized spacial score (nSPS) is 22.4. The molecule has 3 aliphatic heterocycles. The molecule has 3 fully saturated rings. The number of nitrogens with zero attached hydrogens (tertiary/aromatic N) is 4. The van der Waals surface area contributed by atoms with Crippen molar-refractivity contribution in [1.82, 2.24) is 20.0 Å². The molecule has 0 bridgehead atoms. The number of ketones is 1. The molecule has 0 aliphatic carbocycles. The molecule has 39 heavy (non-hydrogen) atoms. The van der Waals surface area contributed by atoms with Crippen molar-refractivity contribution in [2.45, 2.75) is 44.8 Å². The Hall–Kier alpha value is -3.66. The third kappa shape index (κ3) is 5.56. The monoisotopic (exact) mass is 535 g/mol. The van der Waals surface area contributed by atoms with Crippen LogP contribution in [-0.4, -0.2) is 103 Å². The number of amides is 3. The van der Waals surface area contributed by atoms with Gasteiger partial charge in [-0.3, -0.25) is 19.2 Å². The summed E-state index contributed by atoms with van der Waals surface area (Å²) in [6, 6.07) is 8.84. The zero-order chi connectivity index (χ0) is 27.7. The molecule has 1 aromatic heterocycles. The van der Waals surface area contributed by atoms with Crippen molar-refractivity contribution < 1.29 is 23.6 Å². The van der Waals surface area contributed by atoms with E-state index in [1.54, 1.807) is 29.2 Å². The molecule has 3 aliphatic rings. The lowest BCUT2D eigenvalue weighted by molar-refractivity contribution is -0.138. The topological polar surface area (TPSA) is 106 Å². The van der Waals surface area contributed by atoms with E-state index in [0.717, 1.165) is 31.9 Å². The largest absolute Gasteiger partial charge is 0.459 e. The number of furan rings is 1. The molecule has 10 nitrogen and oxygen atoms in total. The predicted octanol–water partition coefficient (Wildman–Crippen LogP) is 1.87. The minimum atomic E-state index is -0.767. The fraction of sp³-hybridized carbons (Fsp3) is 0.517. The highest BCUT2D eigenvalue weighted by Gasteiger charge is 2.52. The molecule has 0 saturated carbocycles. The van der Waals surface area contributed by atoms with Gasteiger partial charge in [-0.25, -0.2) is 0 Å². The van der Waals surface area contributed by atoms with Gasteiger partial charge in [0.2, 0.25) is 5.91 Å². The second-order valence-electron chi connectivity index (χ2n) is 11.2. The summed E-state index contributed by atoms with van der Waals surface area (Å²) in [4.78, 5) is 60.6. The minimum Gasteiger partial charge on any atom is -0.459 e. The van der Waals surface area contributed by atoms with Crippen LogP contribution in [-0.2, 0) is 9.59 Å². The summed E-state index contributed by atoms with van der Waals surface area (Å²) in [5.74, 6) is -0.784. The van der Waals surface area contributed by atoms with Crippen LogP contribution in [0.25, 0.3) is 0 Å². The Morgan fingerprint density at radius 1 is 1.00 bits per heavy atom. The maximum atomic E-state index is 13.8.